The highest BCUT2D eigenvalue weighted by Crippen LogP contribution is 2.36. The van der Waals surface area contributed by atoms with E-state index in [4.69, 9.17) is 9.47 Å². The summed E-state index contributed by atoms with van der Waals surface area (Å²) >= 11 is 3.60. The highest BCUT2D eigenvalue weighted by molar-refractivity contribution is 9.09. The van der Waals surface area contributed by atoms with Crippen LogP contribution in [0.5, 0.6) is 11.5 Å². The van der Waals surface area contributed by atoms with E-state index in [2.05, 4.69) is 21.2 Å². The maximum Gasteiger partial charge on any atom is 0.255 e. The highest BCUT2D eigenvalue weighted by Gasteiger charge is 2.29. The fourth-order valence-electron chi connectivity index (χ4n) is 1.98. The molecule has 1 N–H and O–H groups in total. The Bertz CT molecular complexity index is 460. The number of nitrogens with one attached hydrogen (secondary N) is 1. The first kappa shape index (κ1) is 14.2. The smallest absolute Gasteiger partial charge is 0.255 e. The van der Waals surface area contributed by atoms with Crippen molar-refractivity contribution in [2.75, 3.05) is 20.8 Å². The molecule has 19 heavy (non-hydrogen) atoms. The van der Waals surface area contributed by atoms with Gasteiger partial charge >= 0.3 is 0 Å². The van der Waals surface area contributed by atoms with Gasteiger partial charge in [-0.25, -0.2) is 0 Å². The number of para-hydroxylation sites is 1. The minimum atomic E-state index is -0.138. The second-order valence-corrected chi connectivity index (χ2v) is 5.78. The summed E-state index contributed by atoms with van der Waals surface area (Å²) in [6.45, 7) is 0.629. The summed E-state index contributed by atoms with van der Waals surface area (Å²) < 4.78 is 10.4. The zero-order chi connectivity index (χ0) is 13.8. The highest BCUT2D eigenvalue weighted by atomic mass is 79.9. The molecule has 0 bridgehead atoms. The van der Waals surface area contributed by atoms with Crippen molar-refractivity contribution in [1.82, 2.24) is 5.32 Å². The molecule has 4 nitrogen and oxygen atoms in total. The van der Waals surface area contributed by atoms with Crippen molar-refractivity contribution >= 4 is 21.8 Å². The average molecular weight is 328 g/mol. The number of carbonyl (C=O) groups excluding carboxylic acids is 1. The van der Waals surface area contributed by atoms with E-state index in [0.717, 1.165) is 0 Å². The summed E-state index contributed by atoms with van der Waals surface area (Å²) in [5, 5.41) is 2.92. The first-order chi connectivity index (χ1) is 9.17. The molecule has 1 unspecified atom stereocenters. The third kappa shape index (κ3) is 3.41. The van der Waals surface area contributed by atoms with E-state index in [1.54, 1.807) is 25.3 Å². The van der Waals surface area contributed by atoms with Gasteiger partial charge in [-0.15, -0.1) is 0 Å². The first-order valence-corrected chi connectivity index (χ1v) is 7.22. The molecule has 0 aromatic heterocycles. The molecule has 1 amide bonds. The molecule has 0 radical (unpaired) electrons. The van der Waals surface area contributed by atoms with Crippen molar-refractivity contribution in [3.63, 3.8) is 0 Å². The van der Waals surface area contributed by atoms with Crippen molar-refractivity contribution in [2.45, 2.75) is 17.7 Å². The lowest BCUT2D eigenvalue weighted by Crippen LogP contribution is -2.30. The molecule has 1 aromatic rings. The molecule has 104 valence electrons. The molecular formula is C14H18BrNO3. The standard InChI is InChI=1S/C14H18BrNO3/c1-18-12-5-3-4-10(13(12)19-2)14(17)16-8-11(15)9-6-7-9/h3-5,9,11H,6-8H2,1-2H3,(H,16,17). The fraction of sp³-hybridized carbons (Fsp3) is 0.500. The second-order valence-electron chi connectivity index (χ2n) is 4.60. The van der Waals surface area contributed by atoms with Crippen LogP contribution in [0.15, 0.2) is 18.2 Å². The number of rotatable bonds is 6. The third-order valence-corrected chi connectivity index (χ3v) is 4.31. The number of hydrogen-bond donors (Lipinski definition) is 1. The molecular weight excluding hydrogens is 310 g/mol. The van der Waals surface area contributed by atoms with Gasteiger partial charge < -0.3 is 14.8 Å². The Morgan fingerprint density at radius 2 is 2.16 bits per heavy atom. The van der Waals surface area contributed by atoms with Crippen molar-refractivity contribution < 1.29 is 14.3 Å². The summed E-state index contributed by atoms with van der Waals surface area (Å²) in [4.78, 5) is 12.5. The maximum absolute atomic E-state index is 12.2. The van der Waals surface area contributed by atoms with Gasteiger partial charge in [-0.2, -0.15) is 0 Å². The second kappa shape index (κ2) is 6.28. The number of methoxy groups -OCH3 is 2. The summed E-state index contributed by atoms with van der Waals surface area (Å²) in [5.41, 5.74) is 0.498. The molecule has 0 heterocycles. The van der Waals surface area contributed by atoms with Crippen LogP contribution in [0, 0.1) is 5.92 Å². The van der Waals surface area contributed by atoms with Crippen LogP contribution in [0.3, 0.4) is 0 Å². The van der Waals surface area contributed by atoms with E-state index in [1.807, 2.05) is 0 Å². The Balaban J connectivity index is 2.05. The molecule has 5 heteroatoms. The van der Waals surface area contributed by atoms with Crippen molar-refractivity contribution in [1.29, 1.82) is 0 Å². The van der Waals surface area contributed by atoms with Crippen LogP contribution in [0.25, 0.3) is 0 Å². The molecule has 0 saturated heterocycles. The minimum Gasteiger partial charge on any atom is -0.493 e. The van der Waals surface area contributed by atoms with Crippen LogP contribution < -0.4 is 14.8 Å². The Kier molecular flexibility index (Phi) is 4.69. The summed E-state index contributed by atoms with van der Waals surface area (Å²) in [5.74, 6) is 1.60. The van der Waals surface area contributed by atoms with Crippen LogP contribution >= 0.6 is 15.9 Å². The maximum atomic E-state index is 12.2. The van der Waals surface area contributed by atoms with Crippen LogP contribution in [0.4, 0.5) is 0 Å². The van der Waals surface area contributed by atoms with E-state index in [9.17, 15) is 4.79 Å². The average Bonchev–Trinajstić information content (AvgIpc) is 3.27. The molecule has 0 aliphatic heterocycles. The number of halogens is 1. The topological polar surface area (TPSA) is 47.6 Å². The van der Waals surface area contributed by atoms with Crippen LogP contribution in [-0.2, 0) is 0 Å². The van der Waals surface area contributed by atoms with E-state index < -0.39 is 0 Å². The van der Waals surface area contributed by atoms with Gasteiger partial charge in [-0.3, -0.25) is 4.79 Å². The number of hydrogen-bond acceptors (Lipinski definition) is 3. The molecule has 1 aliphatic carbocycles. The van der Waals surface area contributed by atoms with Crippen molar-refractivity contribution in [2.24, 2.45) is 5.92 Å². The molecule has 1 aliphatic rings. The lowest BCUT2D eigenvalue weighted by atomic mass is 10.1. The van der Waals surface area contributed by atoms with Gasteiger partial charge in [-0.1, -0.05) is 22.0 Å². The summed E-state index contributed by atoms with van der Waals surface area (Å²) in [7, 11) is 3.09. The molecule has 1 aromatic carbocycles. The van der Waals surface area contributed by atoms with Gasteiger partial charge in [0.05, 0.1) is 19.8 Å². The molecule has 0 spiro atoms. The number of ether oxygens (including phenoxy) is 2. The molecule has 2 rings (SSSR count). The van der Waals surface area contributed by atoms with E-state index in [-0.39, 0.29) is 5.91 Å². The normalized spacial score (nSPS) is 15.7. The number of carbonyl (C=O) groups is 1. The SMILES string of the molecule is COc1cccc(C(=O)NCC(Br)C2CC2)c1OC. The Hall–Kier alpha value is -1.23. The third-order valence-electron chi connectivity index (χ3n) is 3.24. The predicted octanol–water partition coefficient (Wildman–Crippen LogP) is 2.61. The number of benzene rings is 1. The number of alkyl halides is 1. The summed E-state index contributed by atoms with van der Waals surface area (Å²) in [6, 6.07) is 5.28. The Morgan fingerprint density at radius 3 is 2.74 bits per heavy atom. The minimum absolute atomic E-state index is 0.138. The first-order valence-electron chi connectivity index (χ1n) is 6.30. The van der Waals surface area contributed by atoms with Gasteiger partial charge in [0.25, 0.3) is 5.91 Å². The lowest BCUT2D eigenvalue weighted by molar-refractivity contribution is 0.0949. The predicted molar refractivity (Wildman–Crippen MR) is 77.3 cm³/mol. The molecule has 1 saturated carbocycles. The lowest BCUT2D eigenvalue weighted by Gasteiger charge is -2.14. The van der Waals surface area contributed by atoms with E-state index in [0.29, 0.717) is 34.4 Å². The number of amides is 1. The molecule has 1 fully saturated rings. The zero-order valence-electron chi connectivity index (χ0n) is 11.1. The van der Waals surface area contributed by atoms with Gasteiger partial charge in [-0.05, 0) is 30.9 Å². The van der Waals surface area contributed by atoms with Gasteiger partial charge in [0.2, 0.25) is 0 Å². The largest absolute Gasteiger partial charge is 0.493 e. The van der Waals surface area contributed by atoms with E-state index in [1.165, 1.54) is 20.0 Å². The quantitative estimate of drug-likeness (QED) is 0.817. The Labute approximate surface area is 121 Å². The van der Waals surface area contributed by atoms with Crippen LogP contribution in [0.1, 0.15) is 23.2 Å². The van der Waals surface area contributed by atoms with Gasteiger partial charge in [0.1, 0.15) is 0 Å². The van der Waals surface area contributed by atoms with Gasteiger partial charge in [0.15, 0.2) is 11.5 Å². The van der Waals surface area contributed by atoms with Gasteiger partial charge in [0, 0.05) is 11.4 Å². The Morgan fingerprint density at radius 1 is 1.42 bits per heavy atom. The van der Waals surface area contributed by atoms with Crippen molar-refractivity contribution in [3.05, 3.63) is 23.8 Å². The van der Waals surface area contributed by atoms with Crippen LogP contribution in [0.2, 0.25) is 0 Å². The zero-order valence-corrected chi connectivity index (χ0v) is 12.7. The monoisotopic (exact) mass is 327 g/mol. The van der Waals surface area contributed by atoms with Crippen molar-refractivity contribution in [3.8, 4) is 11.5 Å². The summed E-state index contributed by atoms with van der Waals surface area (Å²) in [6.07, 6.45) is 2.49. The molecule has 1 atom stereocenters. The van der Waals surface area contributed by atoms with Crippen LogP contribution in [-0.4, -0.2) is 31.5 Å². The van der Waals surface area contributed by atoms with E-state index >= 15 is 0 Å². The fourth-order valence-corrected chi connectivity index (χ4v) is 2.67.